The van der Waals surface area contributed by atoms with Gasteiger partial charge >= 0.3 is 0 Å². The van der Waals surface area contributed by atoms with Crippen molar-refractivity contribution in [1.82, 2.24) is 30.5 Å². The summed E-state index contributed by atoms with van der Waals surface area (Å²) in [6, 6.07) is -0.0875. The second-order valence-electron chi connectivity index (χ2n) is 7.29. The van der Waals surface area contributed by atoms with Crippen molar-refractivity contribution in [3.05, 3.63) is 24.0 Å². The number of likely N-dealkylation sites (N-methyl/N-ethyl adjacent to an activating group) is 1. The summed E-state index contributed by atoms with van der Waals surface area (Å²) in [6.07, 6.45) is 8.59. The van der Waals surface area contributed by atoms with Crippen LogP contribution < -0.4 is 10.6 Å². The fourth-order valence-electron chi connectivity index (χ4n) is 3.21. The predicted molar refractivity (Wildman–Crippen MR) is 109 cm³/mol. The number of ketones is 1. The number of aromatic nitrogens is 3. The maximum absolute atomic E-state index is 11.9. The molecular weight excluding hydrogens is 388 g/mol. The van der Waals surface area contributed by atoms with Gasteiger partial charge in [-0.05, 0) is 46.1 Å². The molecule has 10 nitrogen and oxygen atoms in total. The SMILES string of the molecule is CNC(CCCCn1cc(CCCC(=O)NCCN2C(=O)C=CC2=O)nn1)C(C)=O. The number of rotatable bonds is 14. The maximum atomic E-state index is 11.9. The normalized spacial score (nSPS) is 14.4. The highest BCUT2D eigenvalue weighted by atomic mass is 16.2. The van der Waals surface area contributed by atoms with Crippen LogP contribution in [0.15, 0.2) is 18.3 Å². The van der Waals surface area contributed by atoms with Crippen molar-refractivity contribution in [3.8, 4) is 0 Å². The Morgan fingerprint density at radius 2 is 1.83 bits per heavy atom. The van der Waals surface area contributed by atoms with Crippen LogP contribution in [0.2, 0.25) is 0 Å². The lowest BCUT2D eigenvalue weighted by atomic mass is 10.1. The standard InChI is InChI=1S/C20H30N6O4/c1-15(27)17(21-2)7-3-4-12-25-14-16(23-24-25)6-5-8-18(28)22-11-13-26-19(29)9-10-20(26)30/h9-10,14,17,21H,3-8,11-13H2,1-2H3,(H,22,28). The fraction of sp³-hybridized carbons (Fsp3) is 0.600. The highest BCUT2D eigenvalue weighted by molar-refractivity contribution is 6.12. The van der Waals surface area contributed by atoms with Gasteiger partial charge in [-0.3, -0.25) is 28.8 Å². The van der Waals surface area contributed by atoms with Gasteiger partial charge in [0, 0.05) is 44.4 Å². The van der Waals surface area contributed by atoms with E-state index in [1.807, 2.05) is 6.20 Å². The molecule has 0 spiro atoms. The molecule has 3 amide bonds. The fourth-order valence-corrected chi connectivity index (χ4v) is 3.21. The number of Topliss-reactive ketones (excluding diaryl/α,β-unsaturated/α-hetero) is 1. The average molecular weight is 418 g/mol. The Balaban J connectivity index is 1.56. The van der Waals surface area contributed by atoms with E-state index < -0.39 is 0 Å². The topological polar surface area (TPSA) is 126 Å². The monoisotopic (exact) mass is 418 g/mol. The van der Waals surface area contributed by atoms with Crippen LogP contribution in [0.4, 0.5) is 0 Å². The van der Waals surface area contributed by atoms with E-state index in [2.05, 4.69) is 20.9 Å². The first kappa shape index (κ1) is 23.4. The maximum Gasteiger partial charge on any atom is 0.253 e. The van der Waals surface area contributed by atoms with Crippen LogP contribution in [0.5, 0.6) is 0 Å². The van der Waals surface area contributed by atoms with E-state index in [0.29, 0.717) is 19.3 Å². The number of nitrogens with one attached hydrogen (secondary N) is 2. The van der Waals surface area contributed by atoms with E-state index in [-0.39, 0.29) is 42.6 Å². The van der Waals surface area contributed by atoms with E-state index >= 15 is 0 Å². The molecule has 0 aromatic carbocycles. The lowest BCUT2D eigenvalue weighted by molar-refractivity contribution is -0.137. The Hall–Kier alpha value is -2.88. The van der Waals surface area contributed by atoms with Crippen molar-refractivity contribution < 1.29 is 19.2 Å². The van der Waals surface area contributed by atoms with E-state index in [9.17, 15) is 19.2 Å². The Kier molecular flexibility index (Phi) is 9.33. The highest BCUT2D eigenvalue weighted by Crippen LogP contribution is 2.06. The minimum atomic E-state index is -0.349. The quantitative estimate of drug-likeness (QED) is 0.321. The third-order valence-corrected chi connectivity index (χ3v) is 4.95. The summed E-state index contributed by atoms with van der Waals surface area (Å²) in [7, 11) is 1.79. The number of nitrogens with zero attached hydrogens (tertiary/aromatic N) is 4. The van der Waals surface area contributed by atoms with Gasteiger partial charge in [-0.2, -0.15) is 0 Å². The summed E-state index contributed by atoms with van der Waals surface area (Å²) >= 11 is 0. The zero-order chi connectivity index (χ0) is 21.9. The van der Waals surface area contributed by atoms with Crippen LogP contribution in [-0.4, -0.2) is 69.6 Å². The molecule has 2 N–H and O–H groups in total. The predicted octanol–water partition coefficient (Wildman–Crippen LogP) is -0.0107. The molecule has 2 rings (SSSR count). The minimum Gasteiger partial charge on any atom is -0.354 e. The van der Waals surface area contributed by atoms with Crippen molar-refractivity contribution in [2.45, 2.75) is 58.0 Å². The van der Waals surface area contributed by atoms with E-state index in [0.717, 1.165) is 36.4 Å². The molecule has 0 radical (unpaired) electrons. The van der Waals surface area contributed by atoms with Crippen molar-refractivity contribution in [2.24, 2.45) is 0 Å². The number of hydrogen-bond donors (Lipinski definition) is 2. The van der Waals surface area contributed by atoms with E-state index in [1.54, 1.807) is 18.7 Å². The number of hydrogen-bond acceptors (Lipinski definition) is 7. The van der Waals surface area contributed by atoms with Gasteiger partial charge < -0.3 is 10.6 Å². The smallest absolute Gasteiger partial charge is 0.253 e. The summed E-state index contributed by atoms with van der Waals surface area (Å²) in [5.41, 5.74) is 0.832. The molecule has 0 bridgehead atoms. The van der Waals surface area contributed by atoms with Crippen LogP contribution in [0.3, 0.4) is 0 Å². The molecule has 0 fully saturated rings. The van der Waals surface area contributed by atoms with Gasteiger partial charge in [0.25, 0.3) is 11.8 Å². The molecule has 0 saturated carbocycles. The second-order valence-corrected chi connectivity index (χ2v) is 7.29. The molecule has 1 aromatic rings. The van der Waals surface area contributed by atoms with Gasteiger partial charge in [-0.1, -0.05) is 5.21 Å². The first-order chi connectivity index (χ1) is 14.4. The van der Waals surface area contributed by atoms with Gasteiger partial charge in [-0.15, -0.1) is 5.10 Å². The Morgan fingerprint density at radius 1 is 1.10 bits per heavy atom. The van der Waals surface area contributed by atoms with Crippen LogP contribution in [0.1, 0.15) is 44.7 Å². The first-order valence-electron chi connectivity index (χ1n) is 10.3. The number of unbranched alkanes of at least 4 members (excludes halogenated alkanes) is 1. The van der Waals surface area contributed by atoms with Gasteiger partial charge in [0.1, 0.15) is 5.78 Å². The van der Waals surface area contributed by atoms with Crippen molar-refractivity contribution in [1.29, 1.82) is 0 Å². The Bertz CT molecular complexity index is 770. The van der Waals surface area contributed by atoms with E-state index in [1.165, 1.54) is 12.2 Å². The third kappa shape index (κ3) is 7.51. The Morgan fingerprint density at radius 3 is 2.50 bits per heavy atom. The van der Waals surface area contributed by atoms with Crippen LogP contribution in [0.25, 0.3) is 0 Å². The number of amides is 3. The first-order valence-corrected chi connectivity index (χ1v) is 10.3. The van der Waals surface area contributed by atoms with Gasteiger partial charge in [0.15, 0.2) is 0 Å². The molecule has 0 saturated heterocycles. The van der Waals surface area contributed by atoms with Crippen molar-refractivity contribution in [3.63, 3.8) is 0 Å². The third-order valence-electron chi connectivity index (χ3n) is 4.95. The summed E-state index contributed by atoms with van der Waals surface area (Å²) in [6.45, 7) is 2.75. The number of carbonyl (C=O) groups excluding carboxylic acids is 4. The molecule has 0 aliphatic carbocycles. The molecule has 2 heterocycles. The molecule has 164 valence electrons. The van der Waals surface area contributed by atoms with E-state index in [4.69, 9.17) is 0 Å². The molecule has 10 heteroatoms. The molecular formula is C20H30N6O4. The van der Waals surface area contributed by atoms with Crippen molar-refractivity contribution in [2.75, 3.05) is 20.1 Å². The number of aryl methyl sites for hydroxylation is 2. The van der Waals surface area contributed by atoms with Gasteiger partial charge in [0.05, 0.1) is 11.7 Å². The molecule has 1 atom stereocenters. The second kappa shape index (κ2) is 12.0. The van der Waals surface area contributed by atoms with Gasteiger partial charge in [0.2, 0.25) is 5.91 Å². The molecule has 1 aromatic heterocycles. The largest absolute Gasteiger partial charge is 0.354 e. The summed E-state index contributed by atoms with van der Waals surface area (Å²) < 4.78 is 1.79. The molecule has 1 aliphatic heterocycles. The highest BCUT2D eigenvalue weighted by Gasteiger charge is 2.22. The summed E-state index contributed by atoms with van der Waals surface area (Å²) in [5.74, 6) is -0.672. The average Bonchev–Trinajstić information content (AvgIpc) is 3.29. The minimum absolute atomic E-state index is 0.0875. The molecule has 1 aliphatic rings. The van der Waals surface area contributed by atoms with Crippen LogP contribution in [0, 0.1) is 0 Å². The molecule has 1 unspecified atom stereocenters. The zero-order valence-corrected chi connectivity index (χ0v) is 17.6. The lowest BCUT2D eigenvalue weighted by Crippen LogP contribution is -2.38. The zero-order valence-electron chi connectivity index (χ0n) is 17.6. The summed E-state index contributed by atoms with van der Waals surface area (Å²) in [4.78, 5) is 47.2. The molecule has 30 heavy (non-hydrogen) atoms. The number of carbonyl (C=O) groups is 4. The Labute approximate surface area is 176 Å². The summed E-state index contributed by atoms with van der Waals surface area (Å²) in [5, 5.41) is 14.0. The van der Waals surface area contributed by atoms with Crippen molar-refractivity contribution >= 4 is 23.5 Å². The lowest BCUT2D eigenvalue weighted by Gasteiger charge is -2.13. The van der Waals surface area contributed by atoms with Gasteiger partial charge in [-0.25, -0.2) is 0 Å². The number of imide groups is 1. The van der Waals surface area contributed by atoms with Crippen LogP contribution in [-0.2, 0) is 32.1 Å². The van der Waals surface area contributed by atoms with Crippen LogP contribution >= 0.6 is 0 Å².